The van der Waals surface area contributed by atoms with Crippen LogP contribution in [0, 0.1) is 0 Å². The third-order valence-corrected chi connectivity index (χ3v) is 4.34. The van der Waals surface area contributed by atoms with Gasteiger partial charge in [-0.2, -0.15) is 5.10 Å². The van der Waals surface area contributed by atoms with Crippen molar-refractivity contribution in [3.63, 3.8) is 0 Å². The Morgan fingerprint density at radius 2 is 1.96 bits per heavy atom. The standard InChI is InChI=1S/C19H17N5O2/c1-2-23-17-11-13(18(25)21-12-14-5-3-4-9-20-14)6-7-15(17)24-16(19(23)26)8-10-22-24/h3-11H,2,12H2,1H3,(H,21,25). The largest absolute Gasteiger partial charge is 0.346 e. The highest BCUT2D eigenvalue weighted by Gasteiger charge is 2.13. The molecule has 26 heavy (non-hydrogen) atoms. The molecule has 0 saturated carbocycles. The van der Waals surface area contributed by atoms with Gasteiger partial charge in [-0.3, -0.25) is 14.6 Å². The van der Waals surface area contributed by atoms with E-state index in [0.717, 1.165) is 11.2 Å². The fraction of sp³-hybridized carbons (Fsp3) is 0.158. The minimum absolute atomic E-state index is 0.122. The smallest absolute Gasteiger partial charge is 0.277 e. The third-order valence-electron chi connectivity index (χ3n) is 4.34. The molecule has 0 aliphatic heterocycles. The maximum absolute atomic E-state index is 12.6. The number of hydrogen-bond donors (Lipinski definition) is 1. The number of rotatable bonds is 4. The molecule has 1 aromatic carbocycles. The Bertz CT molecular complexity index is 1160. The van der Waals surface area contributed by atoms with Crippen molar-refractivity contribution in [2.24, 2.45) is 0 Å². The number of fused-ring (bicyclic) bond motifs is 3. The number of aryl methyl sites for hydroxylation is 1. The average Bonchev–Trinajstić information content (AvgIpc) is 3.17. The van der Waals surface area contributed by atoms with Crippen LogP contribution < -0.4 is 10.9 Å². The lowest BCUT2D eigenvalue weighted by atomic mass is 10.1. The summed E-state index contributed by atoms with van der Waals surface area (Å²) in [6, 6.07) is 12.5. The molecule has 0 atom stereocenters. The van der Waals surface area contributed by atoms with Crippen LogP contribution in [0.15, 0.2) is 59.7 Å². The molecule has 1 N–H and O–H groups in total. The second-order valence-corrected chi connectivity index (χ2v) is 5.88. The molecule has 0 fully saturated rings. The van der Waals surface area contributed by atoms with E-state index in [4.69, 9.17) is 0 Å². The topological polar surface area (TPSA) is 81.3 Å². The molecule has 0 aliphatic carbocycles. The molecule has 0 radical (unpaired) electrons. The number of carbonyl (C=O) groups is 1. The van der Waals surface area contributed by atoms with Crippen molar-refractivity contribution in [3.8, 4) is 0 Å². The van der Waals surface area contributed by atoms with Gasteiger partial charge in [0.05, 0.1) is 29.5 Å². The van der Waals surface area contributed by atoms with Crippen molar-refractivity contribution in [2.45, 2.75) is 20.0 Å². The predicted octanol–water partition coefficient (Wildman–Crippen LogP) is 1.99. The van der Waals surface area contributed by atoms with Gasteiger partial charge in [0.25, 0.3) is 11.5 Å². The summed E-state index contributed by atoms with van der Waals surface area (Å²) in [5, 5.41) is 7.08. The Hall–Kier alpha value is -3.48. The van der Waals surface area contributed by atoms with E-state index in [9.17, 15) is 9.59 Å². The number of hydrogen-bond acceptors (Lipinski definition) is 4. The molecular weight excluding hydrogens is 330 g/mol. The molecule has 0 bridgehead atoms. The highest BCUT2D eigenvalue weighted by Crippen LogP contribution is 2.16. The van der Waals surface area contributed by atoms with Crippen LogP contribution in [0.1, 0.15) is 23.0 Å². The molecule has 7 heteroatoms. The molecule has 0 spiro atoms. The van der Waals surface area contributed by atoms with Gasteiger partial charge in [0, 0.05) is 18.3 Å². The normalized spacial score (nSPS) is 11.1. The summed E-state index contributed by atoms with van der Waals surface area (Å²) in [5.41, 5.74) is 3.13. The van der Waals surface area contributed by atoms with E-state index in [1.807, 2.05) is 31.2 Å². The fourth-order valence-corrected chi connectivity index (χ4v) is 3.05. The summed E-state index contributed by atoms with van der Waals surface area (Å²) >= 11 is 0. The lowest BCUT2D eigenvalue weighted by Crippen LogP contribution is -2.25. The van der Waals surface area contributed by atoms with Gasteiger partial charge in [-0.05, 0) is 43.3 Å². The van der Waals surface area contributed by atoms with E-state index in [1.54, 1.807) is 39.7 Å². The van der Waals surface area contributed by atoms with E-state index < -0.39 is 0 Å². The lowest BCUT2D eigenvalue weighted by Gasteiger charge is -2.11. The van der Waals surface area contributed by atoms with Crippen LogP contribution in [0.5, 0.6) is 0 Å². The molecule has 4 aromatic rings. The monoisotopic (exact) mass is 347 g/mol. The molecule has 0 unspecified atom stereocenters. The van der Waals surface area contributed by atoms with Gasteiger partial charge >= 0.3 is 0 Å². The highest BCUT2D eigenvalue weighted by atomic mass is 16.1. The summed E-state index contributed by atoms with van der Waals surface area (Å²) in [6.45, 7) is 2.76. The van der Waals surface area contributed by atoms with Gasteiger partial charge in [0.15, 0.2) is 0 Å². The Kier molecular flexibility index (Phi) is 3.96. The third kappa shape index (κ3) is 2.63. The molecule has 3 aromatic heterocycles. The molecular formula is C19H17N5O2. The Labute approximate surface area is 148 Å². The van der Waals surface area contributed by atoms with Crippen LogP contribution >= 0.6 is 0 Å². The first-order valence-corrected chi connectivity index (χ1v) is 8.37. The van der Waals surface area contributed by atoms with Crippen LogP contribution in [0.4, 0.5) is 0 Å². The fourth-order valence-electron chi connectivity index (χ4n) is 3.05. The first kappa shape index (κ1) is 16.0. The van der Waals surface area contributed by atoms with Gasteiger partial charge in [-0.1, -0.05) is 6.07 Å². The lowest BCUT2D eigenvalue weighted by molar-refractivity contribution is 0.0950. The van der Waals surface area contributed by atoms with Crippen LogP contribution in [0.25, 0.3) is 16.6 Å². The van der Waals surface area contributed by atoms with Crippen molar-refractivity contribution in [3.05, 3.63) is 76.5 Å². The van der Waals surface area contributed by atoms with Crippen molar-refractivity contribution in [1.29, 1.82) is 0 Å². The van der Waals surface area contributed by atoms with Crippen LogP contribution in [-0.4, -0.2) is 25.1 Å². The first-order chi connectivity index (χ1) is 12.7. The number of nitrogens with zero attached hydrogens (tertiary/aromatic N) is 4. The zero-order valence-corrected chi connectivity index (χ0v) is 14.2. The minimum atomic E-state index is -0.215. The molecule has 1 amide bonds. The molecule has 0 aliphatic rings. The van der Waals surface area contributed by atoms with Gasteiger partial charge in [0.1, 0.15) is 5.52 Å². The average molecular weight is 347 g/mol. The SMILES string of the molecule is CCn1c(=O)c2ccnn2c2ccc(C(=O)NCc3ccccn3)cc21. The van der Waals surface area contributed by atoms with E-state index in [0.29, 0.717) is 29.7 Å². The quantitative estimate of drug-likeness (QED) is 0.612. The molecule has 130 valence electrons. The van der Waals surface area contributed by atoms with Crippen LogP contribution in [0.2, 0.25) is 0 Å². The number of nitrogens with one attached hydrogen (secondary N) is 1. The van der Waals surface area contributed by atoms with Crippen molar-refractivity contribution in [2.75, 3.05) is 0 Å². The number of benzene rings is 1. The van der Waals surface area contributed by atoms with Gasteiger partial charge in [-0.15, -0.1) is 0 Å². The van der Waals surface area contributed by atoms with Crippen molar-refractivity contribution in [1.82, 2.24) is 24.5 Å². The van der Waals surface area contributed by atoms with Gasteiger partial charge in [0.2, 0.25) is 0 Å². The number of aromatic nitrogens is 4. The minimum Gasteiger partial charge on any atom is -0.346 e. The second kappa shape index (κ2) is 6.44. The maximum Gasteiger partial charge on any atom is 0.277 e. The van der Waals surface area contributed by atoms with E-state index in [-0.39, 0.29) is 11.5 Å². The Balaban J connectivity index is 1.74. The first-order valence-electron chi connectivity index (χ1n) is 8.37. The molecule has 3 heterocycles. The number of amides is 1. The summed E-state index contributed by atoms with van der Waals surface area (Å²) in [4.78, 5) is 29.3. The van der Waals surface area contributed by atoms with Crippen LogP contribution in [0.3, 0.4) is 0 Å². The van der Waals surface area contributed by atoms with Crippen LogP contribution in [-0.2, 0) is 13.1 Å². The maximum atomic E-state index is 12.6. The summed E-state index contributed by atoms with van der Waals surface area (Å²) in [6.07, 6.45) is 3.29. The van der Waals surface area contributed by atoms with E-state index in [1.165, 1.54) is 0 Å². The Morgan fingerprint density at radius 1 is 1.08 bits per heavy atom. The van der Waals surface area contributed by atoms with E-state index >= 15 is 0 Å². The van der Waals surface area contributed by atoms with Crippen molar-refractivity contribution < 1.29 is 4.79 Å². The molecule has 0 saturated heterocycles. The van der Waals surface area contributed by atoms with Gasteiger partial charge < -0.3 is 9.88 Å². The van der Waals surface area contributed by atoms with E-state index in [2.05, 4.69) is 15.4 Å². The zero-order chi connectivity index (χ0) is 18.1. The predicted molar refractivity (Wildman–Crippen MR) is 98.0 cm³/mol. The van der Waals surface area contributed by atoms with Crippen molar-refractivity contribution >= 4 is 22.5 Å². The summed E-state index contributed by atoms with van der Waals surface area (Å²) < 4.78 is 3.27. The number of pyridine rings is 1. The number of carbonyl (C=O) groups excluding carboxylic acids is 1. The Morgan fingerprint density at radius 3 is 2.73 bits per heavy atom. The second-order valence-electron chi connectivity index (χ2n) is 5.88. The molecule has 4 rings (SSSR count). The summed E-state index contributed by atoms with van der Waals surface area (Å²) in [5.74, 6) is -0.215. The zero-order valence-electron chi connectivity index (χ0n) is 14.2. The summed E-state index contributed by atoms with van der Waals surface area (Å²) in [7, 11) is 0. The van der Waals surface area contributed by atoms with Gasteiger partial charge in [-0.25, -0.2) is 4.52 Å². The molecule has 7 nitrogen and oxygen atoms in total. The highest BCUT2D eigenvalue weighted by molar-refractivity contribution is 5.97.